The Balaban J connectivity index is 2.73. The van der Waals surface area contributed by atoms with Crippen molar-refractivity contribution in [3.8, 4) is 0 Å². The lowest BCUT2D eigenvalue weighted by molar-refractivity contribution is 0.301. The summed E-state index contributed by atoms with van der Waals surface area (Å²) in [5.74, 6) is 0.791. The van der Waals surface area contributed by atoms with Gasteiger partial charge in [0.25, 0.3) is 0 Å². The van der Waals surface area contributed by atoms with Crippen LogP contribution in [0.5, 0.6) is 0 Å². The van der Waals surface area contributed by atoms with Gasteiger partial charge in [0.2, 0.25) is 0 Å². The van der Waals surface area contributed by atoms with Crippen molar-refractivity contribution in [1.82, 2.24) is 0 Å². The Hall–Kier alpha value is -0.320. The molecule has 1 aliphatic rings. The number of aliphatic hydroxyl groups excluding tert-OH is 1. The van der Waals surface area contributed by atoms with E-state index >= 15 is 0 Å². The van der Waals surface area contributed by atoms with Gasteiger partial charge in [-0.15, -0.1) is 0 Å². The predicted molar refractivity (Wildman–Crippen MR) is 62.9 cm³/mol. The summed E-state index contributed by atoms with van der Waals surface area (Å²) in [6.45, 7) is 4.10. The summed E-state index contributed by atoms with van der Waals surface area (Å²) >= 11 is 0. The topological polar surface area (TPSA) is 52.8 Å². The second-order valence-corrected chi connectivity index (χ2v) is 6.15. The number of aliphatic imine (C=N–C) groups is 1. The van der Waals surface area contributed by atoms with Crippen LogP contribution in [-0.2, 0) is 0 Å². The number of nitrogens with zero attached hydrogens (tertiary/aromatic N) is 1. The molecule has 2 N–H and O–H groups in total. The minimum absolute atomic E-state index is 0.0947. The van der Waals surface area contributed by atoms with E-state index in [1.54, 1.807) is 5.55 Å². The quantitative estimate of drug-likeness (QED) is 0.744. The molecule has 0 saturated heterocycles. The predicted octanol–water partition coefficient (Wildman–Crippen LogP) is 2.72. The Morgan fingerprint density at radius 2 is 2.21 bits per heavy atom. The van der Waals surface area contributed by atoms with Crippen LogP contribution in [0, 0.1) is 0 Å². The smallest absolute Gasteiger partial charge is 0.0690 e. The number of hydrogen-bond donors (Lipinski definition) is 2. The zero-order valence-corrected chi connectivity index (χ0v) is 9.68. The maximum atomic E-state index is 10.3. The molecule has 0 aromatic heterocycles. The third-order valence-electron chi connectivity index (χ3n) is 2.40. The van der Waals surface area contributed by atoms with Crippen molar-refractivity contribution in [3.05, 3.63) is 10.6 Å². The third kappa shape index (κ3) is 2.38. The van der Waals surface area contributed by atoms with Crippen LogP contribution >= 0.6 is 10.3 Å². The van der Waals surface area contributed by atoms with Gasteiger partial charge in [-0.25, -0.2) is 0 Å². The van der Waals surface area contributed by atoms with Crippen molar-refractivity contribution < 1.29 is 9.66 Å². The van der Waals surface area contributed by atoms with Gasteiger partial charge in [-0.05, 0) is 13.3 Å². The molecule has 0 fully saturated rings. The lowest BCUT2D eigenvalue weighted by atomic mass is 10.3. The van der Waals surface area contributed by atoms with Crippen LogP contribution in [0.4, 0.5) is 0 Å². The molecule has 4 heteroatoms. The van der Waals surface area contributed by atoms with Crippen LogP contribution in [0.25, 0.3) is 0 Å². The average Bonchev–Trinajstić information content (AvgIpc) is 2.44. The van der Waals surface area contributed by atoms with E-state index in [0.717, 1.165) is 29.2 Å². The van der Waals surface area contributed by atoms with E-state index in [0.29, 0.717) is 6.42 Å². The van der Waals surface area contributed by atoms with Crippen LogP contribution in [-0.4, -0.2) is 27.6 Å². The van der Waals surface area contributed by atoms with Crippen molar-refractivity contribution in [2.45, 2.75) is 33.1 Å². The van der Waals surface area contributed by atoms with Crippen molar-refractivity contribution >= 4 is 15.9 Å². The normalized spacial score (nSPS) is 30.9. The standard InChI is InChI=1S/C10H19NO2S/c1-3-4-7-14(13)8-11-9(2)10(14)5-6-12/h8,12-13H,3-7H2,1-2H3. The molecule has 1 heterocycles. The van der Waals surface area contributed by atoms with E-state index in [1.165, 1.54) is 0 Å². The van der Waals surface area contributed by atoms with Gasteiger partial charge < -0.3 is 9.66 Å². The van der Waals surface area contributed by atoms with E-state index in [-0.39, 0.29) is 6.61 Å². The molecule has 0 aromatic rings. The summed E-state index contributed by atoms with van der Waals surface area (Å²) < 4.78 is 10.3. The molecule has 1 rings (SSSR count). The zero-order chi connectivity index (χ0) is 10.6. The highest BCUT2D eigenvalue weighted by Gasteiger charge is 2.28. The summed E-state index contributed by atoms with van der Waals surface area (Å²) in [5.41, 5.74) is 2.59. The first-order valence-corrected chi connectivity index (χ1v) is 6.84. The number of hydrogen-bond acceptors (Lipinski definition) is 3. The van der Waals surface area contributed by atoms with Gasteiger partial charge in [-0.2, -0.15) is 0 Å². The summed E-state index contributed by atoms with van der Waals surface area (Å²) in [5, 5.41) is 8.91. The van der Waals surface area contributed by atoms with Gasteiger partial charge in [-0.1, -0.05) is 23.7 Å². The van der Waals surface area contributed by atoms with E-state index < -0.39 is 10.3 Å². The minimum Gasteiger partial charge on any atom is -0.396 e. The minimum atomic E-state index is -1.79. The molecule has 0 aliphatic carbocycles. The van der Waals surface area contributed by atoms with E-state index in [4.69, 9.17) is 5.11 Å². The third-order valence-corrected chi connectivity index (χ3v) is 5.12. The van der Waals surface area contributed by atoms with Gasteiger partial charge in [-0.3, -0.25) is 4.99 Å². The molecule has 0 bridgehead atoms. The fraction of sp³-hybridized carbons (Fsp3) is 0.700. The van der Waals surface area contributed by atoms with Gasteiger partial charge in [0.1, 0.15) is 0 Å². The Labute approximate surface area is 87.1 Å². The molecule has 1 unspecified atom stereocenters. The lowest BCUT2D eigenvalue weighted by Gasteiger charge is -2.29. The van der Waals surface area contributed by atoms with Gasteiger partial charge in [0.15, 0.2) is 0 Å². The van der Waals surface area contributed by atoms with Crippen molar-refractivity contribution in [2.24, 2.45) is 4.99 Å². The maximum Gasteiger partial charge on any atom is 0.0690 e. The number of allylic oxidation sites excluding steroid dienone is 1. The highest BCUT2D eigenvalue weighted by molar-refractivity contribution is 8.42. The van der Waals surface area contributed by atoms with Gasteiger partial charge in [0, 0.05) is 29.4 Å². The molecule has 82 valence electrons. The van der Waals surface area contributed by atoms with E-state index in [9.17, 15) is 4.55 Å². The van der Waals surface area contributed by atoms with E-state index in [1.807, 2.05) is 6.92 Å². The SMILES string of the molecule is CCCCS1(O)C=NC(C)=C1CCO. The monoisotopic (exact) mass is 217 g/mol. The van der Waals surface area contributed by atoms with Crippen LogP contribution in [0.1, 0.15) is 33.1 Å². The molecule has 3 nitrogen and oxygen atoms in total. The molecule has 0 saturated carbocycles. The fourth-order valence-electron chi connectivity index (χ4n) is 1.56. The van der Waals surface area contributed by atoms with Crippen LogP contribution in [0.3, 0.4) is 0 Å². The second-order valence-electron chi connectivity index (χ2n) is 3.53. The van der Waals surface area contributed by atoms with E-state index in [2.05, 4.69) is 11.9 Å². The average molecular weight is 217 g/mol. The number of rotatable bonds is 5. The summed E-state index contributed by atoms with van der Waals surface area (Å²) in [4.78, 5) is 5.14. The van der Waals surface area contributed by atoms with Crippen molar-refractivity contribution in [1.29, 1.82) is 0 Å². The first-order valence-electron chi connectivity index (χ1n) is 5.02. The Morgan fingerprint density at radius 3 is 2.79 bits per heavy atom. The number of aliphatic hydroxyl groups is 1. The van der Waals surface area contributed by atoms with Crippen LogP contribution < -0.4 is 0 Å². The molecule has 1 aliphatic heterocycles. The molecule has 0 spiro atoms. The fourth-order valence-corrected chi connectivity index (χ4v) is 4.11. The Kier molecular flexibility index (Phi) is 4.16. The van der Waals surface area contributed by atoms with Crippen LogP contribution in [0.15, 0.2) is 15.6 Å². The molecule has 14 heavy (non-hydrogen) atoms. The maximum absolute atomic E-state index is 10.3. The lowest BCUT2D eigenvalue weighted by Crippen LogP contribution is -2.07. The first kappa shape index (κ1) is 11.8. The molecular formula is C10H19NO2S. The summed E-state index contributed by atoms with van der Waals surface area (Å²) in [6, 6.07) is 0. The first-order chi connectivity index (χ1) is 6.64. The zero-order valence-electron chi connectivity index (χ0n) is 8.86. The second kappa shape index (κ2) is 4.96. The van der Waals surface area contributed by atoms with Crippen LogP contribution in [0.2, 0.25) is 0 Å². The largest absolute Gasteiger partial charge is 0.396 e. The van der Waals surface area contributed by atoms with Crippen molar-refractivity contribution in [2.75, 3.05) is 12.4 Å². The molecule has 1 atom stereocenters. The molecule has 0 amide bonds. The number of unbranched alkanes of at least 4 members (excludes halogenated alkanes) is 1. The molecular weight excluding hydrogens is 198 g/mol. The molecule has 0 aromatic carbocycles. The van der Waals surface area contributed by atoms with Crippen molar-refractivity contribution in [3.63, 3.8) is 0 Å². The highest BCUT2D eigenvalue weighted by Crippen LogP contribution is 2.56. The highest BCUT2D eigenvalue weighted by atomic mass is 32.3. The Bertz CT molecular complexity index is 263. The van der Waals surface area contributed by atoms with Gasteiger partial charge >= 0.3 is 0 Å². The summed E-state index contributed by atoms with van der Waals surface area (Å²) in [7, 11) is -1.79. The summed E-state index contributed by atoms with van der Waals surface area (Å²) in [6.07, 6.45) is 2.65. The molecule has 0 radical (unpaired) electrons. The Morgan fingerprint density at radius 1 is 1.50 bits per heavy atom. The van der Waals surface area contributed by atoms with Gasteiger partial charge in [0.05, 0.1) is 5.55 Å².